The molecule has 2 heterocycles. The van der Waals surface area contributed by atoms with Crippen LogP contribution < -0.4 is 0 Å². The smallest absolute Gasteiger partial charge is 0.410 e. The lowest BCUT2D eigenvalue weighted by Crippen LogP contribution is -2.55. The second-order valence-electron chi connectivity index (χ2n) is 10.4. The highest BCUT2D eigenvalue weighted by Crippen LogP contribution is 2.52. The van der Waals surface area contributed by atoms with Gasteiger partial charge in [-0.15, -0.1) is 0 Å². The molecule has 5 rings (SSSR count). The van der Waals surface area contributed by atoms with E-state index < -0.39 is 56.1 Å². The third kappa shape index (κ3) is 5.36. The average Bonchev–Trinajstić information content (AvgIpc) is 3.70. The largest absolute Gasteiger partial charge is 0.441 e. The van der Waals surface area contributed by atoms with Gasteiger partial charge in [0.2, 0.25) is 15.9 Å². The minimum atomic E-state index is -4.43. The summed E-state index contributed by atoms with van der Waals surface area (Å²) in [7, 11) is -4.43. The molecule has 1 aliphatic carbocycles. The normalized spacial score (nSPS) is 23.4. The number of amides is 2. The minimum Gasteiger partial charge on any atom is -0.441 e. The SMILES string of the molecule is CC(=O)N1CCN(C(=O)OC2([C@H]3CCC[C@@H](c4cccc(F)c4)N3S(=O)(=O)c3ccc(F)c(F)c3)CC2)CC1. The van der Waals surface area contributed by atoms with Gasteiger partial charge in [-0.1, -0.05) is 12.1 Å². The van der Waals surface area contributed by atoms with E-state index in [0.717, 1.165) is 12.1 Å². The topological polar surface area (TPSA) is 87.2 Å². The molecule has 3 fully saturated rings. The first-order valence-electron chi connectivity index (χ1n) is 13.0. The Morgan fingerprint density at radius 2 is 1.62 bits per heavy atom. The van der Waals surface area contributed by atoms with Crippen molar-refractivity contribution in [1.82, 2.24) is 14.1 Å². The highest BCUT2D eigenvalue weighted by Gasteiger charge is 2.60. The van der Waals surface area contributed by atoms with Crippen LogP contribution in [-0.2, 0) is 19.6 Å². The first kappa shape index (κ1) is 27.4. The lowest BCUT2D eigenvalue weighted by atomic mass is 9.90. The van der Waals surface area contributed by atoms with Crippen molar-refractivity contribution < 1.29 is 35.9 Å². The Balaban J connectivity index is 1.48. The number of ether oxygens (including phenoxy) is 1. The third-order valence-electron chi connectivity index (χ3n) is 7.89. The van der Waals surface area contributed by atoms with E-state index in [4.69, 9.17) is 4.74 Å². The van der Waals surface area contributed by atoms with Crippen molar-refractivity contribution >= 4 is 22.0 Å². The van der Waals surface area contributed by atoms with Crippen molar-refractivity contribution in [2.24, 2.45) is 0 Å². The summed E-state index contributed by atoms with van der Waals surface area (Å²) < 4.78 is 77.3. The van der Waals surface area contributed by atoms with E-state index in [2.05, 4.69) is 0 Å². The van der Waals surface area contributed by atoms with Crippen LogP contribution in [0.2, 0.25) is 0 Å². The summed E-state index contributed by atoms with van der Waals surface area (Å²) >= 11 is 0. The summed E-state index contributed by atoms with van der Waals surface area (Å²) in [4.78, 5) is 27.5. The molecular formula is C27H30F3N3O5S. The number of piperazine rings is 1. The van der Waals surface area contributed by atoms with Crippen LogP contribution in [0.4, 0.5) is 18.0 Å². The van der Waals surface area contributed by atoms with E-state index >= 15 is 0 Å². The molecule has 39 heavy (non-hydrogen) atoms. The zero-order valence-electron chi connectivity index (χ0n) is 21.5. The zero-order chi connectivity index (χ0) is 27.9. The molecular weight excluding hydrogens is 535 g/mol. The molecule has 0 radical (unpaired) electrons. The first-order valence-corrected chi connectivity index (χ1v) is 14.4. The van der Waals surface area contributed by atoms with Gasteiger partial charge in [0.05, 0.1) is 17.0 Å². The number of hydrogen-bond acceptors (Lipinski definition) is 5. The first-order chi connectivity index (χ1) is 18.5. The van der Waals surface area contributed by atoms with Gasteiger partial charge >= 0.3 is 6.09 Å². The molecule has 210 valence electrons. The molecule has 0 N–H and O–H groups in total. The molecule has 2 atom stereocenters. The Kier molecular flexibility index (Phi) is 7.36. The molecule has 1 saturated carbocycles. The maximum absolute atomic E-state index is 14.2. The fraction of sp³-hybridized carbons (Fsp3) is 0.481. The number of sulfonamides is 1. The summed E-state index contributed by atoms with van der Waals surface area (Å²) in [5.41, 5.74) is -0.680. The maximum Gasteiger partial charge on any atom is 0.410 e. The van der Waals surface area contributed by atoms with Gasteiger partial charge in [-0.3, -0.25) is 4.79 Å². The maximum atomic E-state index is 14.2. The van der Waals surface area contributed by atoms with E-state index in [1.807, 2.05) is 0 Å². The third-order valence-corrected chi connectivity index (χ3v) is 9.81. The number of nitrogens with zero attached hydrogens (tertiary/aromatic N) is 3. The van der Waals surface area contributed by atoms with Gasteiger partial charge < -0.3 is 14.5 Å². The molecule has 12 heteroatoms. The lowest BCUT2D eigenvalue weighted by molar-refractivity contribution is -0.130. The van der Waals surface area contributed by atoms with Gasteiger partial charge in [-0.25, -0.2) is 26.4 Å². The predicted molar refractivity (Wildman–Crippen MR) is 134 cm³/mol. The minimum absolute atomic E-state index is 0.0784. The van der Waals surface area contributed by atoms with E-state index in [1.165, 1.54) is 34.3 Å². The van der Waals surface area contributed by atoms with Crippen LogP contribution in [0.25, 0.3) is 0 Å². The second-order valence-corrected chi connectivity index (χ2v) is 12.2. The molecule has 0 aromatic heterocycles. The quantitative estimate of drug-likeness (QED) is 0.542. The molecule has 2 saturated heterocycles. The fourth-order valence-corrected chi connectivity index (χ4v) is 7.59. The van der Waals surface area contributed by atoms with Gasteiger partial charge in [0.25, 0.3) is 0 Å². The molecule has 0 bridgehead atoms. The number of halogens is 3. The van der Waals surface area contributed by atoms with Crippen molar-refractivity contribution in [3.8, 4) is 0 Å². The molecule has 0 spiro atoms. The molecule has 2 aromatic carbocycles. The van der Waals surface area contributed by atoms with Crippen LogP contribution >= 0.6 is 0 Å². The van der Waals surface area contributed by atoms with Crippen molar-refractivity contribution in [2.45, 2.75) is 61.6 Å². The van der Waals surface area contributed by atoms with Crippen LogP contribution in [0.15, 0.2) is 47.4 Å². The van der Waals surface area contributed by atoms with Crippen molar-refractivity contribution in [3.63, 3.8) is 0 Å². The van der Waals surface area contributed by atoms with Crippen LogP contribution in [-0.4, -0.2) is 72.3 Å². The highest BCUT2D eigenvalue weighted by molar-refractivity contribution is 7.89. The number of rotatable bonds is 5. The monoisotopic (exact) mass is 565 g/mol. The van der Waals surface area contributed by atoms with E-state index in [1.54, 1.807) is 11.0 Å². The molecule has 2 aromatic rings. The number of hydrogen-bond donors (Lipinski definition) is 0. The van der Waals surface area contributed by atoms with E-state index in [0.29, 0.717) is 69.9 Å². The van der Waals surface area contributed by atoms with Crippen LogP contribution in [0.1, 0.15) is 50.6 Å². The Morgan fingerprint density at radius 3 is 2.23 bits per heavy atom. The van der Waals surface area contributed by atoms with Crippen LogP contribution in [0.5, 0.6) is 0 Å². The van der Waals surface area contributed by atoms with Crippen molar-refractivity contribution in [3.05, 3.63) is 65.5 Å². The molecule has 0 unspecified atom stereocenters. The Hall–Kier alpha value is -3.12. The van der Waals surface area contributed by atoms with E-state index in [9.17, 15) is 31.2 Å². The van der Waals surface area contributed by atoms with E-state index in [-0.39, 0.29) is 5.91 Å². The molecule has 8 nitrogen and oxygen atoms in total. The highest BCUT2D eigenvalue weighted by atomic mass is 32.2. The fourth-order valence-electron chi connectivity index (χ4n) is 5.66. The number of benzene rings is 2. The van der Waals surface area contributed by atoms with Gasteiger partial charge in [0, 0.05) is 33.1 Å². The number of piperidine rings is 1. The standard InChI is InChI=1S/C27H30F3N3O5S/c1-18(34)31-12-14-32(15-13-31)26(35)38-27(10-11-27)25-7-3-6-24(19-4-2-5-20(28)16-19)33(25)39(36,37)21-8-9-22(29)23(30)17-21/h2,4-5,8-9,16-17,24-25H,3,6-7,10-15H2,1H3/t24-,25+/m0/s1. The molecule has 2 amide bonds. The van der Waals surface area contributed by atoms with Gasteiger partial charge in [-0.2, -0.15) is 4.31 Å². The number of carbonyl (C=O) groups is 2. The predicted octanol–water partition coefficient (Wildman–Crippen LogP) is 4.22. The Bertz CT molecular complexity index is 1380. The van der Waals surface area contributed by atoms with Crippen molar-refractivity contribution in [2.75, 3.05) is 26.2 Å². The summed E-state index contributed by atoms with van der Waals surface area (Å²) in [5, 5.41) is 0. The molecule has 3 aliphatic rings. The summed E-state index contributed by atoms with van der Waals surface area (Å²) in [6.45, 7) is 2.80. The Labute approximate surface area is 225 Å². The van der Waals surface area contributed by atoms with Crippen LogP contribution in [0, 0.1) is 17.5 Å². The zero-order valence-corrected chi connectivity index (χ0v) is 22.3. The number of carbonyl (C=O) groups excluding carboxylic acids is 2. The summed E-state index contributed by atoms with van der Waals surface area (Å²) in [5.74, 6) is -3.09. The second kappa shape index (κ2) is 10.5. The summed E-state index contributed by atoms with van der Waals surface area (Å²) in [6.07, 6.45) is 1.60. The average molecular weight is 566 g/mol. The molecule has 2 aliphatic heterocycles. The van der Waals surface area contributed by atoms with Crippen LogP contribution in [0.3, 0.4) is 0 Å². The van der Waals surface area contributed by atoms with Gasteiger partial charge in [0.15, 0.2) is 11.6 Å². The van der Waals surface area contributed by atoms with Gasteiger partial charge in [0.1, 0.15) is 11.4 Å². The Morgan fingerprint density at radius 1 is 0.923 bits per heavy atom. The van der Waals surface area contributed by atoms with Gasteiger partial charge in [-0.05, 0) is 68.0 Å². The van der Waals surface area contributed by atoms with Crippen molar-refractivity contribution in [1.29, 1.82) is 0 Å². The lowest BCUT2D eigenvalue weighted by Gasteiger charge is -2.45. The summed E-state index contributed by atoms with van der Waals surface area (Å²) in [6, 6.07) is 6.45.